The summed E-state index contributed by atoms with van der Waals surface area (Å²) in [5.41, 5.74) is 0. The summed E-state index contributed by atoms with van der Waals surface area (Å²) in [6, 6.07) is 0. The summed E-state index contributed by atoms with van der Waals surface area (Å²) < 4.78 is 10.2. The van der Waals surface area contributed by atoms with E-state index in [-0.39, 0.29) is 12.0 Å². The molecule has 0 aromatic heterocycles. The molecule has 1 unspecified atom stereocenters. The number of carbonyl (C=O) groups is 2. The molecule has 0 fully saturated rings. The van der Waals surface area contributed by atoms with E-state index in [1.807, 2.05) is 20.8 Å². The van der Waals surface area contributed by atoms with Gasteiger partial charge in [0.25, 0.3) is 0 Å². The Balaban J connectivity index is 3.74. The molecule has 0 heterocycles. The van der Waals surface area contributed by atoms with Crippen LogP contribution in [0.1, 0.15) is 72.6 Å². The first kappa shape index (κ1) is 20.7. The van der Waals surface area contributed by atoms with Crippen LogP contribution in [0.25, 0.3) is 0 Å². The van der Waals surface area contributed by atoms with Crippen LogP contribution in [0.3, 0.4) is 0 Å². The van der Waals surface area contributed by atoms with Gasteiger partial charge in [-0.15, -0.1) is 0 Å². The van der Waals surface area contributed by atoms with Crippen molar-refractivity contribution in [3.8, 4) is 0 Å². The van der Waals surface area contributed by atoms with Crippen molar-refractivity contribution in [3.63, 3.8) is 0 Å². The molecule has 1 atom stereocenters. The summed E-state index contributed by atoms with van der Waals surface area (Å²) in [6.07, 6.45) is 10.3. The molecule has 0 saturated carbocycles. The molecule has 128 valence electrons. The smallest absolute Gasteiger partial charge is 0.331 e. The van der Waals surface area contributed by atoms with Crippen LogP contribution >= 0.6 is 0 Å². The van der Waals surface area contributed by atoms with E-state index in [1.165, 1.54) is 32.1 Å². The van der Waals surface area contributed by atoms with Crippen LogP contribution in [0, 0.1) is 5.92 Å². The van der Waals surface area contributed by atoms with E-state index in [4.69, 9.17) is 9.47 Å². The molecule has 0 aromatic carbocycles. The Labute approximate surface area is 135 Å². The van der Waals surface area contributed by atoms with Crippen molar-refractivity contribution in [2.45, 2.75) is 78.7 Å². The fraction of sp³-hybridized carbons (Fsp3) is 0.778. The van der Waals surface area contributed by atoms with Gasteiger partial charge in [-0.05, 0) is 25.7 Å². The van der Waals surface area contributed by atoms with Gasteiger partial charge in [0.15, 0.2) is 0 Å². The van der Waals surface area contributed by atoms with E-state index in [0.717, 1.165) is 25.0 Å². The predicted molar refractivity (Wildman–Crippen MR) is 88.5 cm³/mol. The summed E-state index contributed by atoms with van der Waals surface area (Å²) in [5.74, 6) is -0.712. The van der Waals surface area contributed by atoms with Crippen LogP contribution in [0.4, 0.5) is 0 Å². The quantitative estimate of drug-likeness (QED) is 0.304. The topological polar surface area (TPSA) is 52.6 Å². The fourth-order valence-corrected chi connectivity index (χ4v) is 1.94. The first-order valence-electron chi connectivity index (χ1n) is 8.51. The number of hydrogen-bond donors (Lipinski definition) is 0. The second-order valence-electron chi connectivity index (χ2n) is 6.16. The minimum atomic E-state index is -0.505. The highest BCUT2D eigenvalue weighted by Gasteiger charge is 2.07. The molecular formula is C18H32O4. The SMILES string of the molecule is CCCCCCCCC(C)OC(=O)/C=C/C(=O)OCC(C)C. The largest absolute Gasteiger partial charge is 0.462 e. The lowest BCUT2D eigenvalue weighted by Gasteiger charge is -2.11. The Morgan fingerprint density at radius 1 is 0.909 bits per heavy atom. The van der Waals surface area contributed by atoms with E-state index in [1.54, 1.807) is 0 Å². The molecule has 0 aliphatic carbocycles. The summed E-state index contributed by atoms with van der Waals surface area (Å²) in [6.45, 7) is 8.35. The molecule has 4 heteroatoms. The average molecular weight is 312 g/mol. The van der Waals surface area contributed by atoms with Crippen molar-refractivity contribution >= 4 is 11.9 Å². The molecule has 0 radical (unpaired) electrons. The number of hydrogen-bond acceptors (Lipinski definition) is 4. The van der Waals surface area contributed by atoms with Crippen LogP contribution in [0.5, 0.6) is 0 Å². The first-order valence-corrected chi connectivity index (χ1v) is 8.51. The van der Waals surface area contributed by atoms with Gasteiger partial charge in [0.2, 0.25) is 0 Å². The first-order chi connectivity index (χ1) is 10.5. The summed E-state index contributed by atoms with van der Waals surface area (Å²) >= 11 is 0. The maximum absolute atomic E-state index is 11.6. The molecule has 4 nitrogen and oxygen atoms in total. The Hall–Kier alpha value is -1.32. The maximum Gasteiger partial charge on any atom is 0.331 e. The molecule has 22 heavy (non-hydrogen) atoms. The second kappa shape index (κ2) is 13.4. The minimum absolute atomic E-state index is 0.116. The van der Waals surface area contributed by atoms with Gasteiger partial charge < -0.3 is 9.47 Å². The maximum atomic E-state index is 11.6. The summed E-state index contributed by atoms with van der Waals surface area (Å²) in [5, 5.41) is 0. The lowest BCUT2D eigenvalue weighted by atomic mass is 10.1. The van der Waals surface area contributed by atoms with Crippen molar-refractivity contribution in [3.05, 3.63) is 12.2 Å². The Morgan fingerprint density at radius 3 is 2.14 bits per heavy atom. The van der Waals surface area contributed by atoms with Gasteiger partial charge in [-0.3, -0.25) is 0 Å². The lowest BCUT2D eigenvalue weighted by Crippen LogP contribution is -2.14. The number of unbranched alkanes of at least 4 members (excludes halogenated alkanes) is 5. The third-order valence-electron chi connectivity index (χ3n) is 3.20. The zero-order valence-corrected chi connectivity index (χ0v) is 14.6. The highest BCUT2D eigenvalue weighted by atomic mass is 16.5. The monoisotopic (exact) mass is 312 g/mol. The lowest BCUT2D eigenvalue weighted by molar-refractivity contribution is -0.144. The molecule has 0 spiro atoms. The van der Waals surface area contributed by atoms with E-state index in [2.05, 4.69) is 6.92 Å². The predicted octanol–water partition coefficient (Wildman–Crippen LogP) is 4.42. The van der Waals surface area contributed by atoms with Crippen molar-refractivity contribution in [2.24, 2.45) is 5.92 Å². The molecule has 0 amide bonds. The average Bonchev–Trinajstić information content (AvgIpc) is 2.46. The molecular weight excluding hydrogens is 280 g/mol. The van der Waals surface area contributed by atoms with Crippen LogP contribution in [0.15, 0.2) is 12.2 Å². The van der Waals surface area contributed by atoms with Crippen molar-refractivity contribution in [2.75, 3.05) is 6.61 Å². The number of rotatable bonds is 12. The van der Waals surface area contributed by atoms with Crippen molar-refractivity contribution < 1.29 is 19.1 Å². The van der Waals surface area contributed by atoms with Crippen molar-refractivity contribution in [1.29, 1.82) is 0 Å². The fourth-order valence-electron chi connectivity index (χ4n) is 1.94. The Bertz CT molecular complexity index is 334. The third-order valence-corrected chi connectivity index (χ3v) is 3.20. The van der Waals surface area contributed by atoms with E-state index in [0.29, 0.717) is 6.61 Å². The molecule has 0 aliphatic heterocycles. The Kier molecular flexibility index (Phi) is 12.5. The molecule has 0 bridgehead atoms. The van der Waals surface area contributed by atoms with Crippen molar-refractivity contribution in [1.82, 2.24) is 0 Å². The number of ether oxygens (including phenoxy) is 2. The molecule has 0 aliphatic rings. The summed E-state index contributed by atoms with van der Waals surface area (Å²) in [4.78, 5) is 22.9. The zero-order chi connectivity index (χ0) is 16.8. The van der Waals surface area contributed by atoms with Gasteiger partial charge in [-0.25, -0.2) is 9.59 Å². The highest BCUT2D eigenvalue weighted by Crippen LogP contribution is 2.10. The normalized spacial score (nSPS) is 12.6. The molecule has 0 N–H and O–H groups in total. The molecule has 0 saturated heterocycles. The van der Waals surface area contributed by atoms with Gasteiger partial charge in [-0.1, -0.05) is 52.9 Å². The van der Waals surface area contributed by atoms with Crippen LogP contribution in [-0.2, 0) is 19.1 Å². The van der Waals surface area contributed by atoms with Crippen LogP contribution in [0.2, 0.25) is 0 Å². The van der Waals surface area contributed by atoms with Gasteiger partial charge in [0, 0.05) is 12.2 Å². The second-order valence-corrected chi connectivity index (χ2v) is 6.16. The molecule has 0 rings (SSSR count). The van der Waals surface area contributed by atoms with Gasteiger partial charge in [-0.2, -0.15) is 0 Å². The zero-order valence-electron chi connectivity index (χ0n) is 14.6. The van der Waals surface area contributed by atoms with E-state index in [9.17, 15) is 9.59 Å². The molecule has 0 aromatic rings. The minimum Gasteiger partial charge on any atom is -0.462 e. The highest BCUT2D eigenvalue weighted by molar-refractivity contribution is 5.91. The number of esters is 2. The number of carbonyl (C=O) groups excluding carboxylic acids is 2. The van der Waals surface area contributed by atoms with E-state index >= 15 is 0 Å². The van der Waals surface area contributed by atoms with E-state index < -0.39 is 11.9 Å². The van der Waals surface area contributed by atoms with Gasteiger partial charge >= 0.3 is 11.9 Å². The van der Waals surface area contributed by atoms with Gasteiger partial charge in [0.05, 0.1) is 12.7 Å². The van der Waals surface area contributed by atoms with Gasteiger partial charge in [0.1, 0.15) is 0 Å². The summed E-state index contributed by atoms with van der Waals surface area (Å²) in [7, 11) is 0. The standard InChI is InChI=1S/C18H32O4/c1-5-6-7-8-9-10-11-16(4)22-18(20)13-12-17(19)21-14-15(2)3/h12-13,15-16H,5-11,14H2,1-4H3/b13-12+. The van der Waals surface area contributed by atoms with Crippen LogP contribution in [-0.4, -0.2) is 24.6 Å². The Morgan fingerprint density at radius 2 is 1.50 bits per heavy atom. The van der Waals surface area contributed by atoms with Crippen LogP contribution < -0.4 is 0 Å². The third kappa shape index (κ3) is 13.7.